The van der Waals surface area contributed by atoms with Crippen molar-refractivity contribution >= 4 is 11.8 Å². The van der Waals surface area contributed by atoms with Crippen LogP contribution in [0.15, 0.2) is 36.0 Å². The molecule has 1 aromatic rings. The summed E-state index contributed by atoms with van der Waals surface area (Å²) < 4.78 is 5.09. The second kappa shape index (κ2) is 9.33. The lowest BCUT2D eigenvalue weighted by Crippen LogP contribution is -2.32. The van der Waals surface area contributed by atoms with E-state index in [9.17, 15) is 14.9 Å². The van der Waals surface area contributed by atoms with E-state index in [1.54, 1.807) is 26.2 Å². The maximum absolute atomic E-state index is 12.2. The van der Waals surface area contributed by atoms with E-state index >= 15 is 0 Å². The fourth-order valence-electron chi connectivity index (χ4n) is 2.00. The van der Waals surface area contributed by atoms with Crippen LogP contribution in [0.4, 0.5) is 0 Å². The van der Waals surface area contributed by atoms with Gasteiger partial charge in [-0.25, -0.2) is 0 Å². The van der Waals surface area contributed by atoms with Crippen molar-refractivity contribution in [3.8, 4) is 11.8 Å². The second-order valence-corrected chi connectivity index (χ2v) is 5.12. The molecule has 0 bridgehead atoms. The molecule has 0 saturated carbocycles. The van der Waals surface area contributed by atoms with Crippen LogP contribution in [0.5, 0.6) is 5.75 Å². The van der Waals surface area contributed by atoms with Crippen molar-refractivity contribution in [3.05, 3.63) is 41.6 Å². The molecule has 0 aliphatic heterocycles. The minimum absolute atomic E-state index is 0.154. The van der Waals surface area contributed by atoms with Crippen LogP contribution in [0, 0.1) is 11.3 Å². The molecule has 3 N–H and O–H groups in total. The first kappa shape index (κ1) is 19.2. The predicted octanol–water partition coefficient (Wildman–Crippen LogP) is 1.09. The number of carbonyl (C=O) groups excluding carboxylic acids is 2. The molecule has 1 rings (SSSR count). The highest BCUT2D eigenvalue weighted by atomic mass is 16.5. The number of ether oxygens (including phenoxy) is 1. The van der Waals surface area contributed by atoms with Gasteiger partial charge in [-0.1, -0.05) is 12.1 Å². The Labute approximate surface area is 141 Å². The molecule has 0 fully saturated rings. The van der Waals surface area contributed by atoms with Crippen molar-refractivity contribution < 1.29 is 14.3 Å². The van der Waals surface area contributed by atoms with E-state index in [2.05, 4.69) is 5.32 Å². The van der Waals surface area contributed by atoms with Crippen molar-refractivity contribution in [2.75, 3.05) is 20.2 Å². The van der Waals surface area contributed by atoms with E-state index in [4.69, 9.17) is 10.5 Å². The Morgan fingerprint density at radius 1 is 1.42 bits per heavy atom. The zero-order valence-corrected chi connectivity index (χ0v) is 14.1. The van der Waals surface area contributed by atoms with Crippen molar-refractivity contribution in [2.45, 2.75) is 19.9 Å². The van der Waals surface area contributed by atoms with Crippen molar-refractivity contribution in [1.82, 2.24) is 10.2 Å². The molecule has 0 saturated heterocycles. The summed E-state index contributed by atoms with van der Waals surface area (Å²) in [6.45, 7) is 3.62. The summed E-state index contributed by atoms with van der Waals surface area (Å²) in [7, 11) is 1.58. The number of nitrogens with one attached hydrogen (secondary N) is 1. The molecule has 0 aromatic heterocycles. The van der Waals surface area contributed by atoms with Gasteiger partial charge in [-0.05, 0) is 24.6 Å². The van der Waals surface area contributed by atoms with Crippen LogP contribution < -0.4 is 15.8 Å². The molecule has 1 atom stereocenters. The molecular weight excluding hydrogens is 308 g/mol. The Bertz CT molecular complexity index is 647. The number of benzene rings is 1. The molecular formula is C17H22N4O3. The first-order chi connectivity index (χ1) is 11.4. The standard InChI is InChI=1S/C17H22N4O3/c1-12(14-4-6-16(24-3)7-5-14)20-17(23)15(10-19)11-21(9-8-18)13(2)22/h4-7,11-12H,8-9,18H2,1-3H3,(H,20,23)/b15-11-. The second-order valence-electron chi connectivity index (χ2n) is 5.12. The van der Waals surface area contributed by atoms with Crippen LogP contribution >= 0.6 is 0 Å². The van der Waals surface area contributed by atoms with E-state index in [0.29, 0.717) is 5.75 Å². The van der Waals surface area contributed by atoms with Gasteiger partial charge >= 0.3 is 0 Å². The first-order valence-electron chi connectivity index (χ1n) is 7.47. The van der Waals surface area contributed by atoms with E-state index in [-0.39, 0.29) is 30.6 Å². The summed E-state index contributed by atoms with van der Waals surface area (Å²) in [4.78, 5) is 25.0. The van der Waals surface area contributed by atoms with Crippen LogP contribution in [-0.2, 0) is 9.59 Å². The van der Waals surface area contributed by atoms with Crippen LogP contribution in [0.25, 0.3) is 0 Å². The lowest BCUT2D eigenvalue weighted by atomic mass is 10.1. The van der Waals surface area contributed by atoms with E-state index in [0.717, 1.165) is 5.56 Å². The molecule has 0 aliphatic carbocycles. The molecule has 24 heavy (non-hydrogen) atoms. The Morgan fingerprint density at radius 2 is 2.04 bits per heavy atom. The molecule has 128 valence electrons. The summed E-state index contributed by atoms with van der Waals surface area (Å²) in [5.74, 6) is -0.123. The Hall–Kier alpha value is -2.85. The fourth-order valence-corrected chi connectivity index (χ4v) is 2.00. The number of carbonyl (C=O) groups is 2. The van der Waals surface area contributed by atoms with Crippen LogP contribution in [0.2, 0.25) is 0 Å². The van der Waals surface area contributed by atoms with Gasteiger partial charge in [0, 0.05) is 26.2 Å². The van der Waals surface area contributed by atoms with E-state index in [1.807, 2.05) is 18.2 Å². The third kappa shape index (κ3) is 5.41. The Morgan fingerprint density at radius 3 is 2.50 bits per heavy atom. The maximum Gasteiger partial charge on any atom is 0.263 e. The number of rotatable bonds is 7. The largest absolute Gasteiger partial charge is 0.497 e. The molecule has 7 heteroatoms. The zero-order chi connectivity index (χ0) is 18.1. The Kier molecular flexibility index (Phi) is 7.46. The number of hydrogen-bond acceptors (Lipinski definition) is 5. The Balaban J connectivity index is 2.85. The van der Waals surface area contributed by atoms with Gasteiger partial charge in [0.05, 0.1) is 13.2 Å². The van der Waals surface area contributed by atoms with Crippen molar-refractivity contribution in [1.29, 1.82) is 5.26 Å². The lowest BCUT2D eigenvalue weighted by molar-refractivity contribution is -0.126. The topological polar surface area (TPSA) is 108 Å². The number of nitriles is 1. The highest BCUT2D eigenvalue weighted by Gasteiger charge is 2.16. The van der Waals surface area contributed by atoms with E-state index < -0.39 is 5.91 Å². The lowest BCUT2D eigenvalue weighted by Gasteiger charge is -2.17. The zero-order valence-electron chi connectivity index (χ0n) is 14.1. The first-order valence-corrected chi connectivity index (χ1v) is 7.47. The summed E-state index contributed by atoms with van der Waals surface area (Å²) in [5, 5.41) is 11.9. The third-order valence-corrected chi connectivity index (χ3v) is 3.39. The van der Waals surface area contributed by atoms with Crippen molar-refractivity contribution in [2.24, 2.45) is 5.73 Å². The third-order valence-electron chi connectivity index (χ3n) is 3.39. The average Bonchev–Trinajstić information content (AvgIpc) is 2.58. The van der Waals surface area contributed by atoms with Gasteiger partial charge < -0.3 is 20.7 Å². The minimum Gasteiger partial charge on any atom is -0.497 e. The van der Waals surface area contributed by atoms with E-state index in [1.165, 1.54) is 18.0 Å². The molecule has 7 nitrogen and oxygen atoms in total. The molecule has 2 amide bonds. The molecule has 0 heterocycles. The van der Waals surface area contributed by atoms with Gasteiger partial charge in [0.15, 0.2) is 0 Å². The van der Waals surface area contributed by atoms with Gasteiger partial charge in [-0.3, -0.25) is 9.59 Å². The highest BCUT2D eigenvalue weighted by molar-refractivity contribution is 5.97. The number of methoxy groups -OCH3 is 1. The highest BCUT2D eigenvalue weighted by Crippen LogP contribution is 2.17. The van der Waals surface area contributed by atoms with Gasteiger partial charge in [0.1, 0.15) is 17.4 Å². The van der Waals surface area contributed by atoms with Crippen LogP contribution in [0.3, 0.4) is 0 Å². The molecule has 1 unspecified atom stereocenters. The van der Waals surface area contributed by atoms with Gasteiger partial charge in [-0.2, -0.15) is 5.26 Å². The monoisotopic (exact) mass is 330 g/mol. The number of nitrogens with two attached hydrogens (primary N) is 1. The van der Waals surface area contributed by atoms with Gasteiger partial charge in [-0.15, -0.1) is 0 Å². The SMILES string of the molecule is COc1ccc(C(C)NC(=O)/C(C#N)=C\N(CCN)C(C)=O)cc1. The molecule has 0 aliphatic rings. The van der Waals surface area contributed by atoms with Gasteiger partial charge in [0.2, 0.25) is 5.91 Å². The summed E-state index contributed by atoms with van der Waals surface area (Å²) >= 11 is 0. The molecule has 0 radical (unpaired) electrons. The quantitative estimate of drug-likeness (QED) is 0.574. The number of amides is 2. The minimum atomic E-state index is -0.552. The number of hydrogen-bond donors (Lipinski definition) is 2. The van der Waals surface area contributed by atoms with Crippen LogP contribution in [-0.4, -0.2) is 36.9 Å². The fraction of sp³-hybridized carbons (Fsp3) is 0.353. The summed E-state index contributed by atoms with van der Waals surface area (Å²) in [5.41, 5.74) is 6.14. The average molecular weight is 330 g/mol. The maximum atomic E-state index is 12.2. The van der Waals surface area contributed by atoms with Crippen LogP contribution in [0.1, 0.15) is 25.5 Å². The molecule has 0 spiro atoms. The predicted molar refractivity (Wildman–Crippen MR) is 89.7 cm³/mol. The van der Waals surface area contributed by atoms with Gasteiger partial charge in [0.25, 0.3) is 5.91 Å². The number of nitrogens with zero attached hydrogens (tertiary/aromatic N) is 2. The summed E-state index contributed by atoms with van der Waals surface area (Å²) in [6, 6.07) is 8.75. The normalized spacial score (nSPS) is 12.0. The summed E-state index contributed by atoms with van der Waals surface area (Å²) in [6.07, 6.45) is 1.23. The van der Waals surface area contributed by atoms with Crippen molar-refractivity contribution in [3.63, 3.8) is 0 Å². The molecule has 1 aromatic carbocycles. The smallest absolute Gasteiger partial charge is 0.263 e.